The van der Waals surface area contributed by atoms with Crippen molar-refractivity contribution in [1.82, 2.24) is 10.2 Å². The second-order valence-electron chi connectivity index (χ2n) is 5.63. The molecule has 19 heavy (non-hydrogen) atoms. The van der Waals surface area contributed by atoms with Crippen LogP contribution >= 0.6 is 0 Å². The van der Waals surface area contributed by atoms with Crippen molar-refractivity contribution in [2.75, 3.05) is 19.7 Å². The third-order valence-electron chi connectivity index (χ3n) is 3.47. The molecule has 0 aromatic rings. The first-order chi connectivity index (χ1) is 8.80. The van der Waals surface area contributed by atoms with E-state index >= 15 is 0 Å². The van der Waals surface area contributed by atoms with Crippen molar-refractivity contribution in [3.05, 3.63) is 0 Å². The Hall–Kier alpha value is -0.610. The van der Waals surface area contributed by atoms with Crippen LogP contribution in [0, 0.1) is 0 Å². The van der Waals surface area contributed by atoms with E-state index in [9.17, 15) is 4.79 Å². The molecule has 0 aliphatic carbocycles. The Morgan fingerprint density at radius 1 is 1.21 bits per heavy atom. The van der Waals surface area contributed by atoms with Crippen molar-refractivity contribution < 1.29 is 9.53 Å². The second-order valence-corrected chi connectivity index (χ2v) is 5.63. The number of rotatable bonds is 9. The third kappa shape index (κ3) is 5.91. The van der Waals surface area contributed by atoms with Gasteiger partial charge in [0.25, 0.3) is 0 Å². The predicted octanol–water partition coefficient (Wildman–Crippen LogP) is 2.43. The smallest absolute Gasteiger partial charge is 0.326 e. The Balaban J connectivity index is 4.89. The molecule has 0 heterocycles. The fourth-order valence-electron chi connectivity index (χ4n) is 2.70. The van der Waals surface area contributed by atoms with E-state index in [1.165, 1.54) is 0 Å². The summed E-state index contributed by atoms with van der Waals surface area (Å²) in [4.78, 5) is 14.6. The molecule has 2 unspecified atom stereocenters. The largest absolute Gasteiger partial charge is 0.465 e. The molecule has 4 heteroatoms. The molecule has 0 aromatic heterocycles. The van der Waals surface area contributed by atoms with Crippen molar-refractivity contribution in [3.8, 4) is 0 Å². The zero-order chi connectivity index (χ0) is 15.1. The summed E-state index contributed by atoms with van der Waals surface area (Å²) in [5.41, 5.74) is -0.619. The molecule has 0 fully saturated rings. The highest BCUT2D eigenvalue weighted by Crippen LogP contribution is 2.19. The van der Waals surface area contributed by atoms with Crippen LogP contribution in [0.4, 0.5) is 0 Å². The lowest BCUT2D eigenvalue weighted by molar-refractivity contribution is -0.151. The fraction of sp³-hybridized carbons (Fsp3) is 0.933. The van der Waals surface area contributed by atoms with Gasteiger partial charge in [0, 0.05) is 12.1 Å². The van der Waals surface area contributed by atoms with Gasteiger partial charge in [-0.3, -0.25) is 10.1 Å². The predicted molar refractivity (Wildman–Crippen MR) is 80.3 cm³/mol. The van der Waals surface area contributed by atoms with Gasteiger partial charge in [0.05, 0.1) is 6.61 Å². The van der Waals surface area contributed by atoms with Gasteiger partial charge >= 0.3 is 5.97 Å². The van der Waals surface area contributed by atoms with E-state index in [0.717, 1.165) is 19.5 Å². The Morgan fingerprint density at radius 3 is 2.11 bits per heavy atom. The van der Waals surface area contributed by atoms with Gasteiger partial charge in [0.15, 0.2) is 0 Å². The monoisotopic (exact) mass is 272 g/mol. The van der Waals surface area contributed by atoms with E-state index in [0.29, 0.717) is 12.6 Å². The summed E-state index contributed by atoms with van der Waals surface area (Å²) < 4.78 is 5.24. The molecule has 0 aromatic carbocycles. The average molecular weight is 272 g/mol. The summed E-state index contributed by atoms with van der Waals surface area (Å²) in [6.45, 7) is 16.8. The lowest BCUT2D eigenvalue weighted by Gasteiger charge is -2.36. The summed E-state index contributed by atoms with van der Waals surface area (Å²) in [5.74, 6) is -0.150. The van der Waals surface area contributed by atoms with E-state index < -0.39 is 5.54 Å². The second kappa shape index (κ2) is 8.54. The zero-order valence-corrected chi connectivity index (χ0v) is 13.7. The maximum atomic E-state index is 12.2. The molecule has 0 radical (unpaired) electrons. The van der Waals surface area contributed by atoms with Crippen LogP contribution in [0.25, 0.3) is 0 Å². The van der Waals surface area contributed by atoms with Gasteiger partial charge in [-0.2, -0.15) is 0 Å². The highest BCUT2D eigenvalue weighted by molar-refractivity contribution is 5.80. The van der Waals surface area contributed by atoms with E-state index in [-0.39, 0.29) is 12.0 Å². The van der Waals surface area contributed by atoms with Crippen LogP contribution in [0.15, 0.2) is 0 Å². The first-order valence-corrected chi connectivity index (χ1v) is 7.49. The number of nitrogens with zero attached hydrogens (tertiary/aromatic N) is 1. The van der Waals surface area contributed by atoms with Crippen molar-refractivity contribution in [3.63, 3.8) is 0 Å². The van der Waals surface area contributed by atoms with Gasteiger partial charge in [-0.1, -0.05) is 13.8 Å². The highest BCUT2D eigenvalue weighted by atomic mass is 16.5. The van der Waals surface area contributed by atoms with Gasteiger partial charge in [0.1, 0.15) is 5.54 Å². The maximum absolute atomic E-state index is 12.2. The maximum Gasteiger partial charge on any atom is 0.326 e. The van der Waals surface area contributed by atoms with Gasteiger partial charge in [-0.15, -0.1) is 0 Å². The first kappa shape index (κ1) is 18.4. The van der Waals surface area contributed by atoms with Crippen molar-refractivity contribution >= 4 is 5.97 Å². The Labute approximate surface area is 118 Å². The number of carbonyl (C=O) groups excluding carboxylic acids is 1. The van der Waals surface area contributed by atoms with Crippen LogP contribution in [0.3, 0.4) is 0 Å². The zero-order valence-electron chi connectivity index (χ0n) is 13.7. The molecule has 0 bridgehead atoms. The molecule has 0 aliphatic heterocycles. The molecule has 2 atom stereocenters. The summed E-state index contributed by atoms with van der Waals surface area (Å²) in [7, 11) is 0. The molecule has 4 nitrogen and oxygen atoms in total. The van der Waals surface area contributed by atoms with Crippen LogP contribution in [-0.2, 0) is 9.53 Å². The molecular weight excluding hydrogens is 240 g/mol. The minimum absolute atomic E-state index is 0.150. The number of ether oxygens (including phenoxy) is 1. The fourth-order valence-corrected chi connectivity index (χ4v) is 2.70. The molecule has 0 saturated carbocycles. The SMILES string of the molecule is CCOC(=O)C(C)(CC(C)N(CC)CC)NC(C)C. The number of carbonyl (C=O) groups is 1. The van der Waals surface area contributed by atoms with Gasteiger partial charge < -0.3 is 9.64 Å². The molecule has 0 saturated heterocycles. The Morgan fingerprint density at radius 2 is 1.74 bits per heavy atom. The molecular formula is C15H32N2O2. The van der Waals surface area contributed by atoms with Crippen LogP contribution in [0.5, 0.6) is 0 Å². The molecule has 0 aliphatic rings. The summed E-state index contributed by atoms with van der Waals surface area (Å²) >= 11 is 0. The van der Waals surface area contributed by atoms with Gasteiger partial charge in [0.2, 0.25) is 0 Å². The summed E-state index contributed by atoms with van der Waals surface area (Å²) in [6.07, 6.45) is 0.756. The van der Waals surface area contributed by atoms with Gasteiger partial charge in [-0.05, 0) is 54.1 Å². The van der Waals surface area contributed by atoms with E-state index in [1.807, 2.05) is 13.8 Å². The Bertz CT molecular complexity index is 265. The van der Waals surface area contributed by atoms with Crippen LogP contribution < -0.4 is 5.32 Å². The molecule has 1 N–H and O–H groups in total. The van der Waals surface area contributed by atoms with E-state index in [1.54, 1.807) is 0 Å². The Kier molecular flexibility index (Phi) is 8.26. The van der Waals surface area contributed by atoms with Crippen LogP contribution in [0.2, 0.25) is 0 Å². The van der Waals surface area contributed by atoms with E-state index in [4.69, 9.17) is 4.74 Å². The number of hydrogen-bond donors (Lipinski definition) is 1. The molecule has 0 rings (SSSR count). The minimum Gasteiger partial charge on any atom is -0.465 e. The summed E-state index contributed by atoms with van der Waals surface area (Å²) in [5, 5.41) is 3.37. The normalized spacial score (nSPS) is 16.5. The van der Waals surface area contributed by atoms with Crippen LogP contribution in [0.1, 0.15) is 54.9 Å². The standard InChI is InChI=1S/C15H32N2O2/c1-8-17(9-2)13(6)11-15(7,16-12(4)5)14(18)19-10-3/h12-13,16H,8-11H2,1-7H3. The molecule has 0 amide bonds. The quantitative estimate of drug-likeness (QED) is 0.655. The van der Waals surface area contributed by atoms with Crippen molar-refractivity contribution in [2.24, 2.45) is 0 Å². The third-order valence-corrected chi connectivity index (χ3v) is 3.47. The minimum atomic E-state index is -0.619. The number of esters is 1. The molecule has 114 valence electrons. The average Bonchev–Trinajstić information content (AvgIpc) is 2.29. The topological polar surface area (TPSA) is 41.6 Å². The van der Waals surface area contributed by atoms with Crippen molar-refractivity contribution in [2.45, 2.75) is 72.5 Å². The first-order valence-electron chi connectivity index (χ1n) is 7.49. The lowest BCUT2D eigenvalue weighted by Crippen LogP contribution is -2.56. The lowest BCUT2D eigenvalue weighted by atomic mass is 9.92. The molecule has 0 spiro atoms. The van der Waals surface area contributed by atoms with Gasteiger partial charge in [-0.25, -0.2) is 0 Å². The van der Waals surface area contributed by atoms with Crippen molar-refractivity contribution in [1.29, 1.82) is 0 Å². The van der Waals surface area contributed by atoms with E-state index in [2.05, 4.69) is 44.8 Å². The summed E-state index contributed by atoms with van der Waals surface area (Å²) in [6, 6.07) is 0.592. The van der Waals surface area contributed by atoms with Crippen LogP contribution in [-0.4, -0.2) is 48.2 Å². The highest BCUT2D eigenvalue weighted by Gasteiger charge is 2.37. The number of nitrogens with one attached hydrogen (secondary N) is 1. The number of hydrogen-bond acceptors (Lipinski definition) is 4.